The molecule has 3 aliphatic rings. The molecule has 1 unspecified atom stereocenters. The molecule has 1 saturated carbocycles. The van der Waals surface area contributed by atoms with Crippen molar-refractivity contribution in [3.05, 3.63) is 0 Å². The topological polar surface area (TPSA) is 43.8 Å². The number of nitrogens with zero attached hydrogens (tertiary/aromatic N) is 2. The van der Waals surface area contributed by atoms with E-state index in [-0.39, 0.29) is 11.3 Å². The molecule has 4 heteroatoms. The van der Waals surface area contributed by atoms with Crippen molar-refractivity contribution in [2.24, 2.45) is 11.3 Å². The lowest BCUT2D eigenvalue weighted by Crippen LogP contribution is -2.47. The monoisotopic (exact) mass is 280 g/mol. The van der Waals surface area contributed by atoms with E-state index in [0.717, 1.165) is 45.1 Å². The smallest absolute Gasteiger partial charge is 0.222 e. The first kappa shape index (κ1) is 14.3. The fraction of sp³-hybridized carbons (Fsp3) is 0.938. The van der Waals surface area contributed by atoms with E-state index in [2.05, 4.69) is 4.90 Å². The predicted molar refractivity (Wildman–Crippen MR) is 78.3 cm³/mol. The highest BCUT2D eigenvalue weighted by molar-refractivity contribution is 5.75. The first-order valence-corrected chi connectivity index (χ1v) is 8.31. The van der Waals surface area contributed by atoms with Crippen LogP contribution in [0.25, 0.3) is 0 Å². The molecule has 1 amide bonds. The Labute approximate surface area is 122 Å². The zero-order valence-electron chi connectivity index (χ0n) is 12.7. The average Bonchev–Trinajstić information content (AvgIpc) is 2.75. The Balaban J connectivity index is 1.64. The van der Waals surface area contributed by atoms with Gasteiger partial charge in [-0.15, -0.1) is 0 Å². The Hall–Kier alpha value is -0.610. The number of rotatable bonds is 3. The minimum atomic E-state index is 0.273. The number of hydrogen-bond donors (Lipinski definition) is 1. The molecule has 0 bridgehead atoms. The van der Waals surface area contributed by atoms with Crippen molar-refractivity contribution >= 4 is 5.91 Å². The summed E-state index contributed by atoms with van der Waals surface area (Å²) in [6, 6.07) is 0.777. The molecule has 1 spiro atoms. The number of carbonyl (C=O) groups excluding carboxylic acids is 1. The van der Waals surface area contributed by atoms with Gasteiger partial charge in [0.05, 0.1) is 0 Å². The predicted octanol–water partition coefficient (Wildman–Crippen LogP) is 1.48. The largest absolute Gasteiger partial charge is 0.396 e. The minimum absolute atomic E-state index is 0.273. The van der Waals surface area contributed by atoms with Crippen molar-refractivity contribution in [2.45, 2.75) is 51.5 Å². The van der Waals surface area contributed by atoms with Gasteiger partial charge in [-0.3, -0.25) is 9.69 Å². The van der Waals surface area contributed by atoms with Gasteiger partial charge >= 0.3 is 0 Å². The number of hydrogen-bond acceptors (Lipinski definition) is 3. The summed E-state index contributed by atoms with van der Waals surface area (Å²) in [6.45, 7) is 6.26. The van der Waals surface area contributed by atoms with Crippen molar-refractivity contribution in [2.75, 3.05) is 32.8 Å². The Morgan fingerprint density at radius 1 is 1.30 bits per heavy atom. The first-order valence-electron chi connectivity index (χ1n) is 8.31. The molecule has 0 aromatic heterocycles. The fourth-order valence-corrected chi connectivity index (χ4v) is 4.35. The third-order valence-electron chi connectivity index (χ3n) is 6.06. The summed E-state index contributed by atoms with van der Waals surface area (Å²) in [6.07, 6.45) is 6.82. The fourth-order valence-electron chi connectivity index (χ4n) is 4.35. The van der Waals surface area contributed by atoms with Gasteiger partial charge in [-0.2, -0.15) is 0 Å². The highest BCUT2D eigenvalue weighted by atomic mass is 16.3. The Morgan fingerprint density at radius 2 is 2.00 bits per heavy atom. The van der Waals surface area contributed by atoms with E-state index in [1.54, 1.807) is 0 Å². The molecule has 4 nitrogen and oxygen atoms in total. The highest BCUT2D eigenvalue weighted by Gasteiger charge is 2.49. The molecular formula is C16H28N2O2. The molecule has 114 valence electrons. The Morgan fingerprint density at radius 3 is 2.50 bits per heavy atom. The van der Waals surface area contributed by atoms with Crippen molar-refractivity contribution < 1.29 is 9.90 Å². The van der Waals surface area contributed by atoms with Crippen molar-refractivity contribution in [1.29, 1.82) is 0 Å². The molecule has 1 aliphatic carbocycles. The van der Waals surface area contributed by atoms with E-state index < -0.39 is 0 Å². The number of aliphatic hydroxyl groups excluding tert-OH is 1. The third kappa shape index (κ3) is 2.37. The van der Waals surface area contributed by atoms with Crippen molar-refractivity contribution in [3.8, 4) is 0 Å². The van der Waals surface area contributed by atoms with Gasteiger partial charge in [0.1, 0.15) is 0 Å². The summed E-state index contributed by atoms with van der Waals surface area (Å²) < 4.78 is 0. The van der Waals surface area contributed by atoms with Crippen LogP contribution in [0.1, 0.15) is 45.4 Å². The third-order valence-corrected chi connectivity index (χ3v) is 6.06. The summed E-state index contributed by atoms with van der Waals surface area (Å²) in [7, 11) is 0. The van der Waals surface area contributed by atoms with Crippen LogP contribution < -0.4 is 0 Å². The van der Waals surface area contributed by atoms with Crippen LogP contribution in [0.2, 0.25) is 0 Å². The Bertz CT molecular complexity index is 359. The molecule has 1 N–H and O–H groups in total. The zero-order valence-corrected chi connectivity index (χ0v) is 12.7. The van der Waals surface area contributed by atoms with Crippen LogP contribution in [0.15, 0.2) is 0 Å². The molecule has 2 heterocycles. The minimum Gasteiger partial charge on any atom is -0.396 e. The molecule has 3 fully saturated rings. The lowest BCUT2D eigenvalue weighted by molar-refractivity contribution is -0.133. The van der Waals surface area contributed by atoms with E-state index in [9.17, 15) is 9.90 Å². The van der Waals surface area contributed by atoms with Crippen LogP contribution in [-0.2, 0) is 4.79 Å². The number of amides is 1. The highest BCUT2D eigenvalue weighted by Crippen LogP contribution is 2.46. The van der Waals surface area contributed by atoms with Crippen LogP contribution in [-0.4, -0.2) is 59.6 Å². The maximum Gasteiger partial charge on any atom is 0.222 e. The summed E-state index contributed by atoms with van der Waals surface area (Å²) >= 11 is 0. The van der Waals surface area contributed by atoms with Crippen LogP contribution in [0.4, 0.5) is 0 Å². The number of piperidine rings is 1. The number of likely N-dealkylation sites (tertiary alicyclic amines) is 2. The molecule has 3 rings (SSSR count). The van der Waals surface area contributed by atoms with E-state index >= 15 is 0 Å². The summed E-state index contributed by atoms with van der Waals surface area (Å²) in [5.41, 5.74) is 0.273. The van der Waals surface area contributed by atoms with E-state index in [0.29, 0.717) is 18.9 Å². The van der Waals surface area contributed by atoms with Gasteiger partial charge in [-0.25, -0.2) is 0 Å². The van der Waals surface area contributed by atoms with Crippen LogP contribution in [0.3, 0.4) is 0 Å². The van der Waals surface area contributed by atoms with Gasteiger partial charge in [0.25, 0.3) is 0 Å². The van der Waals surface area contributed by atoms with Gasteiger partial charge < -0.3 is 10.0 Å². The molecule has 2 aliphatic heterocycles. The maximum absolute atomic E-state index is 11.8. The quantitative estimate of drug-likeness (QED) is 0.851. The average molecular weight is 280 g/mol. The molecule has 2 saturated heterocycles. The second-order valence-electron chi connectivity index (χ2n) is 6.99. The summed E-state index contributed by atoms with van der Waals surface area (Å²) in [4.78, 5) is 16.5. The van der Waals surface area contributed by atoms with Crippen LogP contribution in [0, 0.1) is 11.3 Å². The second kappa shape index (κ2) is 5.64. The maximum atomic E-state index is 11.8. The van der Waals surface area contributed by atoms with Crippen LogP contribution >= 0.6 is 0 Å². The molecule has 1 atom stereocenters. The SMILES string of the molecule is CCC(=O)N1CCC2(CC1)CN(C1CCC1)CC2CO. The number of aliphatic hydroxyl groups is 1. The standard InChI is InChI=1S/C16H28N2O2/c1-2-15(20)17-8-6-16(7-9-17)12-18(10-13(16)11-19)14-4-3-5-14/h13-14,19H,2-12H2,1H3. The Kier molecular flexibility index (Phi) is 4.04. The molecular weight excluding hydrogens is 252 g/mol. The lowest BCUT2D eigenvalue weighted by atomic mass is 9.71. The first-order chi connectivity index (χ1) is 9.68. The van der Waals surface area contributed by atoms with Gasteiger partial charge in [0.2, 0.25) is 5.91 Å². The molecule has 0 aromatic carbocycles. The summed E-state index contributed by atoms with van der Waals surface area (Å²) in [5, 5.41) is 9.79. The van der Waals surface area contributed by atoms with E-state index in [1.165, 1.54) is 19.3 Å². The lowest BCUT2D eigenvalue weighted by Gasteiger charge is -2.43. The van der Waals surface area contributed by atoms with Crippen LogP contribution in [0.5, 0.6) is 0 Å². The van der Waals surface area contributed by atoms with Crippen molar-refractivity contribution in [3.63, 3.8) is 0 Å². The molecule has 0 aromatic rings. The molecule has 20 heavy (non-hydrogen) atoms. The van der Waals surface area contributed by atoms with Gasteiger partial charge in [0, 0.05) is 51.2 Å². The normalized spacial score (nSPS) is 30.7. The van der Waals surface area contributed by atoms with E-state index in [4.69, 9.17) is 0 Å². The second-order valence-corrected chi connectivity index (χ2v) is 6.99. The number of carbonyl (C=O) groups is 1. The summed E-state index contributed by atoms with van der Waals surface area (Å²) in [5.74, 6) is 0.705. The van der Waals surface area contributed by atoms with Crippen molar-refractivity contribution in [1.82, 2.24) is 9.80 Å². The van der Waals surface area contributed by atoms with Gasteiger partial charge in [-0.05, 0) is 31.1 Å². The van der Waals surface area contributed by atoms with Gasteiger partial charge in [-0.1, -0.05) is 13.3 Å². The molecule has 0 radical (unpaired) electrons. The van der Waals surface area contributed by atoms with Gasteiger partial charge in [0.15, 0.2) is 0 Å². The van der Waals surface area contributed by atoms with E-state index in [1.807, 2.05) is 11.8 Å². The zero-order chi connectivity index (χ0) is 14.2.